The molecule has 16 heavy (non-hydrogen) atoms. The van der Waals surface area contributed by atoms with Crippen LogP contribution in [0.15, 0.2) is 29.1 Å². The van der Waals surface area contributed by atoms with Crippen molar-refractivity contribution < 1.29 is 0 Å². The highest BCUT2D eigenvalue weighted by Gasteiger charge is 2.21. The maximum Gasteiger partial charge on any atom is 0.261 e. The minimum atomic E-state index is 0.0877. The van der Waals surface area contributed by atoms with E-state index in [0.717, 1.165) is 30.7 Å². The first-order valence-corrected chi connectivity index (χ1v) is 6.32. The van der Waals surface area contributed by atoms with E-state index in [4.69, 9.17) is 0 Å². The van der Waals surface area contributed by atoms with Crippen molar-refractivity contribution in [2.75, 3.05) is 0 Å². The van der Waals surface area contributed by atoms with E-state index in [1.54, 1.807) is 4.57 Å². The van der Waals surface area contributed by atoms with Crippen molar-refractivity contribution in [1.29, 1.82) is 0 Å². The zero-order valence-electron chi connectivity index (χ0n) is 8.69. The summed E-state index contributed by atoms with van der Waals surface area (Å²) in [6, 6.07) is 7.53. The summed E-state index contributed by atoms with van der Waals surface area (Å²) in [4.78, 5) is 17.0. The van der Waals surface area contributed by atoms with Gasteiger partial charge in [-0.15, -0.1) is 0 Å². The molecule has 0 amide bonds. The maximum atomic E-state index is 12.2. The van der Waals surface area contributed by atoms with Crippen LogP contribution in [0.2, 0.25) is 0 Å². The first-order valence-electron chi connectivity index (χ1n) is 5.41. The van der Waals surface area contributed by atoms with Gasteiger partial charge in [-0.2, -0.15) is 0 Å². The molecule has 0 bridgehead atoms. The molecule has 0 spiro atoms. The molecule has 0 radical (unpaired) electrons. The predicted molar refractivity (Wildman–Crippen MR) is 66.9 cm³/mol. The van der Waals surface area contributed by atoms with E-state index in [1.165, 1.54) is 0 Å². The molecular weight excluding hydrogens is 268 g/mol. The molecule has 2 heterocycles. The predicted octanol–water partition coefficient (Wildman–Crippen LogP) is 2.63. The van der Waals surface area contributed by atoms with Crippen LogP contribution in [0.25, 0.3) is 10.9 Å². The molecule has 1 atom stereocenters. The molecule has 3 nitrogen and oxygen atoms in total. The van der Waals surface area contributed by atoms with Gasteiger partial charge in [0.2, 0.25) is 0 Å². The molecule has 4 heteroatoms. The Labute approximate surface area is 101 Å². The third-order valence-electron chi connectivity index (χ3n) is 3.01. The Morgan fingerprint density at radius 3 is 3.06 bits per heavy atom. The fourth-order valence-corrected chi connectivity index (χ4v) is 2.87. The lowest BCUT2D eigenvalue weighted by Crippen LogP contribution is -2.29. The third kappa shape index (κ3) is 1.40. The maximum absolute atomic E-state index is 12.2. The van der Waals surface area contributed by atoms with Crippen LogP contribution in [-0.2, 0) is 6.54 Å². The standard InChI is InChI=1S/C12H11BrN2O/c13-9-5-3-7-15-11(9)14-10-6-2-1-4-8(10)12(15)16/h1-2,4,6,9H,3,5,7H2. The second-order valence-corrected chi connectivity index (χ2v) is 5.16. The minimum Gasteiger partial charge on any atom is -0.295 e. The number of hydrogen-bond acceptors (Lipinski definition) is 2. The summed E-state index contributed by atoms with van der Waals surface area (Å²) in [6.45, 7) is 0.786. The van der Waals surface area contributed by atoms with Crippen LogP contribution in [-0.4, -0.2) is 9.55 Å². The van der Waals surface area contributed by atoms with Crippen molar-refractivity contribution in [3.8, 4) is 0 Å². The van der Waals surface area contributed by atoms with E-state index in [0.29, 0.717) is 5.39 Å². The zero-order valence-corrected chi connectivity index (χ0v) is 10.3. The highest BCUT2D eigenvalue weighted by atomic mass is 79.9. The van der Waals surface area contributed by atoms with Crippen LogP contribution >= 0.6 is 15.9 Å². The van der Waals surface area contributed by atoms with Crippen LogP contribution in [0.5, 0.6) is 0 Å². The van der Waals surface area contributed by atoms with Crippen LogP contribution in [0, 0.1) is 0 Å². The SMILES string of the molecule is O=c1c2ccccc2nc2n1CCCC2Br. The quantitative estimate of drug-likeness (QED) is 0.695. The zero-order chi connectivity index (χ0) is 11.1. The van der Waals surface area contributed by atoms with Crippen LogP contribution in [0.1, 0.15) is 23.5 Å². The lowest BCUT2D eigenvalue weighted by atomic mass is 10.1. The van der Waals surface area contributed by atoms with Gasteiger partial charge in [0.25, 0.3) is 5.56 Å². The van der Waals surface area contributed by atoms with Gasteiger partial charge in [-0.3, -0.25) is 9.36 Å². The van der Waals surface area contributed by atoms with Crippen LogP contribution in [0.4, 0.5) is 0 Å². The molecule has 1 aromatic carbocycles. The molecule has 82 valence electrons. The van der Waals surface area contributed by atoms with Gasteiger partial charge in [0, 0.05) is 6.54 Å². The van der Waals surface area contributed by atoms with Gasteiger partial charge < -0.3 is 0 Å². The van der Waals surface area contributed by atoms with Gasteiger partial charge in [-0.05, 0) is 25.0 Å². The topological polar surface area (TPSA) is 34.9 Å². The van der Waals surface area contributed by atoms with Gasteiger partial charge in [0.1, 0.15) is 5.82 Å². The normalized spacial score (nSPS) is 19.7. The lowest BCUT2D eigenvalue weighted by Gasteiger charge is -2.22. The van der Waals surface area contributed by atoms with Crippen molar-refractivity contribution in [3.63, 3.8) is 0 Å². The Balaban J connectivity index is 2.41. The van der Waals surface area contributed by atoms with Crippen molar-refractivity contribution >= 4 is 26.8 Å². The van der Waals surface area contributed by atoms with Crippen LogP contribution in [0.3, 0.4) is 0 Å². The number of benzene rings is 1. The fraction of sp³-hybridized carbons (Fsp3) is 0.333. The number of nitrogens with zero attached hydrogens (tertiary/aromatic N) is 2. The minimum absolute atomic E-state index is 0.0877. The molecule has 0 aliphatic carbocycles. The summed E-state index contributed by atoms with van der Waals surface area (Å²) in [5.74, 6) is 0.870. The summed E-state index contributed by atoms with van der Waals surface area (Å²) < 4.78 is 1.80. The van der Waals surface area contributed by atoms with Gasteiger partial charge in [0.05, 0.1) is 15.7 Å². The number of hydrogen-bond donors (Lipinski definition) is 0. The summed E-state index contributed by atoms with van der Waals surface area (Å²) in [5, 5.41) is 0.716. The Kier molecular flexibility index (Phi) is 2.32. The van der Waals surface area contributed by atoms with E-state index in [9.17, 15) is 4.79 Å². The van der Waals surface area contributed by atoms with Gasteiger partial charge in [0.15, 0.2) is 0 Å². The summed E-state index contributed by atoms with van der Waals surface area (Å²) in [5.41, 5.74) is 0.884. The molecule has 0 fully saturated rings. The van der Waals surface area contributed by atoms with Crippen molar-refractivity contribution in [2.24, 2.45) is 0 Å². The van der Waals surface area contributed by atoms with Crippen molar-refractivity contribution in [2.45, 2.75) is 24.2 Å². The average molecular weight is 279 g/mol. The second-order valence-electron chi connectivity index (χ2n) is 4.05. The molecule has 0 N–H and O–H groups in total. The molecule has 2 aromatic rings. The Hall–Kier alpha value is -1.16. The number of fused-ring (bicyclic) bond motifs is 2. The third-order valence-corrected chi connectivity index (χ3v) is 3.88. The number of aromatic nitrogens is 2. The van der Waals surface area contributed by atoms with Crippen LogP contribution < -0.4 is 5.56 Å². The summed E-state index contributed by atoms with van der Waals surface area (Å²) >= 11 is 3.58. The largest absolute Gasteiger partial charge is 0.295 e. The second kappa shape index (κ2) is 3.70. The fourth-order valence-electron chi connectivity index (χ4n) is 2.20. The number of rotatable bonds is 0. The summed E-state index contributed by atoms with van der Waals surface area (Å²) in [6.07, 6.45) is 2.08. The van der Waals surface area contributed by atoms with E-state index >= 15 is 0 Å². The number of alkyl halides is 1. The molecule has 1 unspecified atom stereocenters. The highest BCUT2D eigenvalue weighted by Crippen LogP contribution is 2.30. The van der Waals surface area contributed by atoms with Gasteiger partial charge in [-0.1, -0.05) is 28.1 Å². The number of halogens is 1. The summed E-state index contributed by atoms with van der Waals surface area (Å²) in [7, 11) is 0. The first kappa shape index (κ1) is 10.0. The van der Waals surface area contributed by atoms with E-state index in [2.05, 4.69) is 20.9 Å². The highest BCUT2D eigenvalue weighted by molar-refractivity contribution is 9.09. The molecule has 1 aliphatic heterocycles. The Morgan fingerprint density at radius 1 is 1.38 bits per heavy atom. The van der Waals surface area contributed by atoms with E-state index in [-0.39, 0.29) is 10.4 Å². The van der Waals surface area contributed by atoms with Crippen molar-refractivity contribution in [3.05, 3.63) is 40.4 Å². The molecular formula is C12H11BrN2O. The molecule has 0 saturated heterocycles. The molecule has 3 rings (SSSR count). The van der Waals surface area contributed by atoms with E-state index < -0.39 is 0 Å². The van der Waals surface area contributed by atoms with E-state index in [1.807, 2.05) is 24.3 Å². The smallest absolute Gasteiger partial charge is 0.261 e. The van der Waals surface area contributed by atoms with Gasteiger partial charge in [-0.25, -0.2) is 4.98 Å². The van der Waals surface area contributed by atoms with Gasteiger partial charge >= 0.3 is 0 Å². The molecule has 1 aliphatic rings. The number of para-hydroxylation sites is 1. The first-order chi connectivity index (χ1) is 7.77. The lowest BCUT2D eigenvalue weighted by molar-refractivity contribution is 0.498. The Bertz CT molecular complexity index is 605. The Morgan fingerprint density at radius 2 is 2.19 bits per heavy atom. The monoisotopic (exact) mass is 278 g/mol. The van der Waals surface area contributed by atoms with Crippen molar-refractivity contribution in [1.82, 2.24) is 9.55 Å². The molecule has 0 saturated carbocycles. The average Bonchev–Trinajstić information content (AvgIpc) is 2.31. The molecule has 1 aromatic heterocycles.